The first-order valence-corrected chi connectivity index (χ1v) is 7.67. The molecule has 1 N–H and O–H groups in total. The number of hydrogen-bond acceptors (Lipinski definition) is 3. The average molecular weight is 327 g/mol. The molecule has 106 valence electrons. The Morgan fingerprint density at radius 2 is 2.00 bits per heavy atom. The second-order valence-corrected chi connectivity index (χ2v) is 6.26. The largest absolute Gasteiger partial charge is 0.373 e. The van der Waals surface area contributed by atoms with Gasteiger partial charge in [-0.3, -0.25) is 4.90 Å². The minimum atomic E-state index is 0.325. The van der Waals surface area contributed by atoms with Crippen molar-refractivity contribution in [3.05, 3.63) is 33.8 Å². The van der Waals surface area contributed by atoms with Crippen LogP contribution in [0.5, 0.6) is 0 Å². The van der Waals surface area contributed by atoms with Crippen molar-refractivity contribution in [3.8, 4) is 0 Å². The normalized spacial score (nSPS) is 24.6. The molecule has 2 rings (SSSR count). The lowest BCUT2D eigenvalue weighted by atomic mass is 10.1. The number of morpholine rings is 1. The standard InChI is InChI=1S/C15H23BrN2O/c1-11-8-18(9-12(2)19-11)10-14-5-4-13(7-17-3)6-15(14)16/h4-6,11-12,17H,7-10H2,1-3H3/t11-,12+. The van der Waals surface area contributed by atoms with E-state index in [2.05, 4.69) is 58.2 Å². The van der Waals surface area contributed by atoms with Crippen LogP contribution >= 0.6 is 15.9 Å². The summed E-state index contributed by atoms with van der Waals surface area (Å²) in [5.41, 5.74) is 2.66. The molecule has 0 saturated carbocycles. The van der Waals surface area contributed by atoms with E-state index >= 15 is 0 Å². The maximum absolute atomic E-state index is 5.77. The molecule has 0 unspecified atom stereocenters. The number of halogens is 1. The van der Waals surface area contributed by atoms with Crippen LogP contribution in [0.2, 0.25) is 0 Å². The molecule has 2 atom stereocenters. The zero-order chi connectivity index (χ0) is 13.8. The van der Waals surface area contributed by atoms with Crippen molar-refractivity contribution in [2.75, 3.05) is 20.1 Å². The summed E-state index contributed by atoms with van der Waals surface area (Å²) in [6.45, 7) is 8.20. The van der Waals surface area contributed by atoms with Gasteiger partial charge in [-0.25, -0.2) is 0 Å². The summed E-state index contributed by atoms with van der Waals surface area (Å²) in [4.78, 5) is 2.47. The highest BCUT2D eigenvalue weighted by molar-refractivity contribution is 9.10. The van der Waals surface area contributed by atoms with Crippen LogP contribution in [-0.2, 0) is 17.8 Å². The SMILES string of the molecule is CNCc1ccc(CN2C[C@@H](C)O[C@@H](C)C2)c(Br)c1. The van der Waals surface area contributed by atoms with Crippen LogP contribution in [0, 0.1) is 0 Å². The smallest absolute Gasteiger partial charge is 0.0678 e. The van der Waals surface area contributed by atoms with Crippen LogP contribution in [0.4, 0.5) is 0 Å². The molecule has 1 saturated heterocycles. The lowest BCUT2D eigenvalue weighted by Gasteiger charge is -2.35. The topological polar surface area (TPSA) is 24.5 Å². The molecule has 1 aromatic carbocycles. The van der Waals surface area contributed by atoms with Gasteiger partial charge in [0, 0.05) is 30.7 Å². The van der Waals surface area contributed by atoms with Crippen molar-refractivity contribution in [1.82, 2.24) is 10.2 Å². The zero-order valence-corrected chi connectivity index (χ0v) is 13.5. The van der Waals surface area contributed by atoms with Crippen molar-refractivity contribution >= 4 is 15.9 Å². The van der Waals surface area contributed by atoms with Gasteiger partial charge in [0.05, 0.1) is 12.2 Å². The fraction of sp³-hybridized carbons (Fsp3) is 0.600. The molecule has 0 spiro atoms. The highest BCUT2D eigenvalue weighted by Gasteiger charge is 2.22. The average Bonchev–Trinajstić information content (AvgIpc) is 2.32. The zero-order valence-electron chi connectivity index (χ0n) is 11.9. The molecule has 0 radical (unpaired) electrons. The van der Waals surface area contributed by atoms with Crippen LogP contribution in [0.3, 0.4) is 0 Å². The van der Waals surface area contributed by atoms with E-state index < -0.39 is 0 Å². The third kappa shape index (κ3) is 4.28. The van der Waals surface area contributed by atoms with Gasteiger partial charge in [0.2, 0.25) is 0 Å². The Bertz CT molecular complexity index is 415. The van der Waals surface area contributed by atoms with E-state index in [1.165, 1.54) is 15.6 Å². The van der Waals surface area contributed by atoms with E-state index in [0.29, 0.717) is 12.2 Å². The molecule has 4 heteroatoms. The summed E-state index contributed by atoms with van der Waals surface area (Å²) >= 11 is 3.69. The third-order valence-corrected chi connectivity index (χ3v) is 4.13. The minimum Gasteiger partial charge on any atom is -0.373 e. The molecule has 0 aromatic heterocycles. The molecule has 1 fully saturated rings. The second kappa shape index (κ2) is 6.84. The van der Waals surface area contributed by atoms with Crippen LogP contribution in [-0.4, -0.2) is 37.2 Å². The number of ether oxygens (including phenoxy) is 1. The maximum Gasteiger partial charge on any atom is 0.0678 e. The van der Waals surface area contributed by atoms with E-state index in [1.807, 2.05) is 7.05 Å². The summed E-state index contributed by atoms with van der Waals surface area (Å²) in [7, 11) is 1.97. The third-order valence-electron chi connectivity index (χ3n) is 3.39. The van der Waals surface area contributed by atoms with Crippen molar-refractivity contribution in [2.24, 2.45) is 0 Å². The molecule has 19 heavy (non-hydrogen) atoms. The number of nitrogens with one attached hydrogen (secondary N) is 1. The first-order chi connectivity index (χ1) is 9.08. The summed E-state index contributed by atoms with van der Waals surface area (Å²) in [6, 6.07) is 6.63. The van der Waals surface area contributed by atoms with Gasteiger partial charge >= 0.3 is 0 Å². The van der Waals surface area contributed by atoms with Gasteiger partial charge in [0.25, 0.3) is 0 Å². The van der Waals surface area contributed by atoms with Crippen LogP contribution in [0.25, 0.3) is 0 Å². The van der Waals surface area contributed by atoms with Crippen LogP contribution in [0.15, 0.2) is 22.7 Å². The molecule has 0 amide bonds. The molecule has 1 aliphatic heterocycles. The highest BCUT2D eigenvalue weighted by Crippen LogP contribution is 2.22. The molecule has 1 heterocycles. The number of hydrogen-bond donors (Lipinski definition) is 1. The monoisotopic (exact) mass is 326 g/mol. The first kappa shape index (κ1) is 15.0. The van der Waals surface area contributed by atoms with Crippen LogP contribution < -0.4 is 5.32 Å². The van der Waals surface area contributed by atoms with Gasteiger partial charge < -0.3 is 10.1 Å². The first-order valence-electron chi connectivity index (χ1n) is 6.88. The highest BCUT2D eigenvalue weighted by atomic mass is 79.9. The summed E-state index contributed by atoms with van der Waals surface area (Å²) < 4.78 is 6.97. The second-order valence-electron chi connectivity index (χ2n) is 5.41. The number of nitrogens with zero attached hydrogens (tertiary/aromatic N) is 1. The van der Waals surface area contributed by atoms with Gasteiger partial charge in [-0.1, -0.05) is 28.1 Å². The van der Waals surface area contributed by atoms with Gasteiger partial charge in [0.1, 0.15) is 0 Å². The van der Waals surface area contributed by atoms with Crippen molar-refractivity contribution in [1.29, 1.82) is 0 Å². The lowest BCUT2D eigenvalue weighted by molar-refractivity contribution is -0.0705. The Balaban J connectivity index is 2.02. The fourth-order valence-electron chi connectivity index (χ4n) is 2.69. The molecular weight excluding hydrogens is 304 g/mol. The molecule has 1 aromatic rings. The fourth-order valence-corrected chi connectivity index (χ4v) is 3.24. The summed E-state index contributed by atoms with van der Waals surface area (Å²) in [5.74, 6) is 0. The van der Waals surface area contributed by atoms with E-state index in [1.54, 1.807) is 0 Å². The van der Waals surface area contributed by atoms with E-state index in [4.69, 9.17) is 4.74 Å². The predicted molar refractivity (Wildman–Crippen MR) is 82.2 cm³/mol. The predicted octanol–water partition coefficient (Wildman–Crippen LogP) is 2.78. The molecule has 1 aliphatic rings. The van der Waals surface area contributed by atoms with Gasteiger partial charge in [-0.2, -0.15) is 0 Å². The molecule has 0 bridgehead atoms. The number of benzene rings is 1. The Hall–Kier alpha value is -0.420. The summed E-state index contributed by atoms with van der Waals surface area (Å²) in [6.07, 6.45) is 0.650. The Labute approximate surface area is 124 Å². The Morgan fingerprint density at radius 1 is 1.32 bits per heavy atom. The summed E-state index contributed by atoms with van der Waals surface area (Å²) in [5, 5.41) is 3.18. The van der Waals surface area contributed by atoms with E-state index in [0.717, 1.165) is 26.2 Å². The number of rotatable bonds is 4. The molecular formula is C15H23BrN2O. The Morgan fingerprint density at radius 3 is 2.58 bits per heavy atom. The Kier molecular flexibility index (Phi) is 5.39. The van der Waals surface area contributed by atoms with Crippen LogP contribution in [0.1, 0.15) is 25.0 Å². The van der Waals surface area contributed by atoms with Gasteiger partial charge in [-0.15, -0.1) is 0 Å². The molecule has 0 aliphatic carbocycles. The minimum absolute atomic E-state index is 0.325. The lowest BCUT2D eigenvalue weighted by Crippen LogP contribution is -2.44. The van der Waals surface area contributed by atoms with Crippen molar-refractivity contribution in [2.45, 2.75) is 39.1 Å². The quantitative estimate of drug-likeness (QED) is 0.920. The maximum atomic E-state index is 5.77. The van der Waals surface area contributed by atoms with Gasteiger partial charge in [0.15, 0.2) is 0 Å². The van der Waals surface area contributed by atoms with E-state index in [-0.39, 0.29) is 0 Å². The van der Waals surface area contributed by atoms with E-state index in [9.17, 15) is 0 Å². The van der Waals surface area contributed by atoms with Crippen molar-refractivity contribution < 1.29 is 4.74 Å². The van der Waals surface area contributed by atoms with Crippen molar-refractivity contribution in [3.63, 3.8) is 0 Å². The van der Waals surface area contributed by atoms with Gasteiger partial charge in [-0.05, 0) is 38.1 Å². The molecule has 3 nitrogen and oxygen atoms in total.